The van der Waals surface area contributed by atoms with Crippen molar-refractivity contribution >= 4 is 17.8 Å². The van der Waals surface area contributed by atoms with Crippen molar-refractivity contribution < 1.29 is 11.0 Å². The Kier molecular flexibility index (Phi) is 7.36. The molecule has 180 valence electrons. The van der Waals surface area contributed by atoms with E-state index in [2.05, 4.69) is 11.1 Å². The summed E-state index contributed by atoms with van der Waals surface area (Å²) in [7, 11) is 0. The van der Waals surface area contributed by atoms with E-state index in [9.17, 15) is 14.9 Å². The number of benzene rings is 2. The Morgan fingerprint density at radius 2 is 1.94 bits per heavy atom. The molecule has 2 N–H and O–H groups in total. The van der Waals surface area contributed by atoms with Gasteiger partial charge in [0.15, 0.2) is 0 Å². The van der Waals surface area contributed by atoms with Gasteiger partial charge in [0.2, 0.25) is 11.9 Å². The molecule has 8 nitrogen and oxygen atoms in total. The molecule has 1 saturated heterocycles. The Balaban J connectivity index is 0.00000361. The summed E-state index contributed by atoms with van der Waals surface area (Å²) in [6.07, 6.45) is 3.13. The van der Waals surface area contributed by atoms with Gasteiger partial charge in [-0.1, -0.05) is 42.5 Å². The molecule has 2 amide bonds. The highest BCUT2D eigenvalue weighted by Gasteiger charge is 2.27. The lowest BCUT2D eigenvalue weighted by Gasteiger charge is -2.31. The standard InChI is InChI=1S/C27H28N6O2.H2/c1-2-32(17-20-7-4-3-5-8-20)26(35)23-16-30-27(33-14-6-9-22(18-33)25(29)34)31-24(23)21-12-10-19(15-28)11-13-21;/h3-5,7-8,10-13,16,22H,2,6,9,14,17-18H2,1H3,(H2,29,34);1H. The van der Waals surface area contributed by atoms with Crippen LogP contribution in [0.5, 0.6) is 0 Å². The summed E-state index contributed by atoms with van der Waals surface area (Å²) in [5, 5.41) is 9.19. The van der Waals surface area contributed by atoms with E-state index >= 15 is 0 Å². The van der Waals surface area contributed by atoms with Gasteiger partial charge in [-0.25, -0.2) is 9.97 Å². The molecule has 8 heteroatoms. The van der Waals surface area contributed by atoms with Crippen molar-refractivity contribution in [1.29, 1.82) is 5.26 Å². The van der Waals surface area contributed by atoms with Gasteiger partial charge in [0.05, 0.1) is 28.8 Å². The molecule has 1 aliphatic rings. The number of nitrogens with two attached hydrogens (primary N) is 1. The second-order valence-electron chi connectivity index (χ2n) is 8.61. The number of hydrogen-bond donors (Lipinski definition) is 1. The van der Waals surface area contributed by atoms with E-state index in [4.69, 9.17) is 10.7 Å². The van der Waals surface area contributed by atoms with Crippen LogP contribution < -0.4 is 10.6 Å². The van der Waals surface area contributed by atoms with Gasteiger partial charge in [0, 0.05) is 39.4 Å². The monoisotopic (exact) mass is 470 g/mol. The molecule has 0 saturated carbocycles. The van der Waals surface area contributed by atoms with Crippen LogP contribution in [0, 0.1) is 17.2 Å². The predicted octanol–water partition coefficient (Wildman–Crippen LogP) is 3.63. The maximum Gasteiger partial charge on any atom is 0.257 e. The number of aromatic nitrogens is 2. The van der Waals surface area contributed by atoms with Crippen LogP contribution in [0.2, 0.25) is 0 Å². The third kappa shape index (κ3) is 5.46. The smallest absolute Gasteiger partial charge is 0.257 e. The normalized spacial score (nSPS) is 15.3. The van der Waals surface area contributed by atoms with Crippen LogP contribution in [0.25, 0.3) is 11.3 Å². The van der Waals surface area contributed by atoms with Gasteiger partial charge >= 0.3 is 0 Å². The fraction of sp³-hybridized carbons (Fsp3) is 0.296. The molecule has 0 bridgehead atoms. The second kappa shape index (κ2) is 10.8. The first-order chi connectivity index (χ1) is 17.0. The van der Waals surface area contributed by atoms with E-state index in [1.54, 1.807) is 35.4 Å². The van der Waals surface area contributed by atoms with E-state index in [0.717, 1.165) is 24.0 Å². The number of hydrogen-bond acceptors (Lipinski definition) is 6. The summed E-state index contributed by atoms with van der Waals surface area (Å²) in [6, 6.07) is 18.9. The van der Waals surface area contributed by atoms with E-state index in [0.29, 0.717) is 48.9 Å². The lowest BCUT2D eigenvalue weighted by molar-refractivity contribution is -0.122. The first-order valence-electron chi connectivity index (χ1n) is 11.7. The van der Waals surface area contributed by atoms with Crippen LogP contribution in [0.3, 0.4) is 0 Å². The summed E-state index contributed by atoms with van der Waals surface area (Å²) in [5.74, 6) is -0.296. The van der Waals surface area contributed by atoms with Crippen LogP contribution in [-0.4, -0.2) is 46.3 Å². The largest absolute Gasteiger partial charge is 0.369 e. The number of carbonyl (C=O) groups excluding carboxylic acids is 2. The molecule has 1 unspecified atom stereocenters. The minimum absolute atomic E-state index is 0. The number of primary amides is 1. The SMILES string of the molecule is CCN(Cc1ccccc1)C(=O)c1cnc(N2CCCC(C(N)=O)C2)nc1-c1ccc(C#N)cc1.[HH]. The highest BCUT2D eigenvalue weighted by Crippen LogP contribution is 2.27. The first kappa shape index (κ1) is 23.9. The molecule has 1 aromatic heterocycles. The van der Waals surface area contributed by atoms with Gasteiger partial charge in [0.25, 0.3) is 5.91 Å². The summed E-state index contributed by atoms with van der Waals surface area (Å²) in [4.78, 5) is 38.4. The Hall–Kier alpha value is -4.25. The van der Waals surface area contributed by atoms with Crippen LogP contribution in [0.1, 0.15) is 42.7 Å². The first-order valence-corrected chi connectivity index (χ1v) is 11.7. The average molecular weight is 471 g/mol. The van der Waals surface area contributed by atoms with Gasteiger partial charge in [-0.05, 0) is 37.5 Å². The number of nitrogens with zero attached hydrogens (tertiary/aromatic N) is 5. The third-order valence-corrected chi connectivity index (χ3v) is 6.29. The number of nitriles is 1. The van der Waals surface area contributed by atoms with Gasteiger partial charge in [-0.15, -0.1) is 0 Å². The molecule has 2 aromatic carbocycles. The van der Waals surface area contributed by atoms with E-state index in [1.165, 1.54) is 0 Å². The zero-order chi connectivity index (χ0) is 24.8. The zero-order valence-corrected chi connectivity index (χ0v) is 19.7. The third-order valence-electron chi connectivity index (χ3n) is 6.29. The Morgan fingerprint density at radius 3 is 2.60 bits per heavy atom. The molecular weight excluding hydrogens is 440 g/mol. The Bertz CT molecular complexity index is 1240. The summed E-state index contributed by atoms with van der Waals surface area (Å²) < 4.78 is 0. The van der Waals surface area contributed by atoms with Crippen molar-refractivity contribution in [3.63, 3.8) is 0 Å². The lowest BCUT2D eigenvalue weighted by atomic mass is 9.98. The fourth-order valence-corrected chi connectivity index (χ4v) is 4.30. The quantitative estimate of drug-likeness (QED) is 0.564. The number of carbonyl (C=O) groups is 2. The Labute approximate surface area is 206 Å². The highest BCUT2D eigenvalue weighted by molar-refractivity contribution is 5.99. The van der Waals surface area contributed by atoms with Crippen molar-refractivity contribution in [2.24, 2.45) is 11.7 Å². The zero-order valence-electron chi connectivity index (χ0n) is 19.7. The van der Waals surface area contributed by atoms with Crippen molar-refractivity contribution in [3.05, 3.63) is 77.5 Å². The van der Waals surface area contributed by atoms with Crippen molar-refractivity contribution in [2.45, 2.75) is 26.3 Å². The minimum Gasteiger partial charge on any atom is -0.369 e. The van der Waals surface area contributed by atoms with Crippen LogP contribution in [-0.2, 0) is 11.3 Å². The van der Waals surface area contributed by atoms with Crippen molar-refractivity contribution in [1.82, 2.24) is 14.9 Å². The molecule has 3 aromatic rings. The molecular formula is C27H30N6O2. The average Bonchev–Trinajstić information content (AvgIpc) is 2.91. The predicted molar refractivity (Wildman–Crippen MR) is 135 cm³/mol. The summed E-state index contributed by atoms with van der Waals surface area (Å²) in [5.41, 5.74) is 8.71. The van der Waals surface area contributed by atoms with Gasteiger partial charge in [-0.3, -0.25) is 9.59 Å². The molecule has 1 fully saturated rings. The van der Waals surface area contributed by atoms with Crippen molar-refractivity contribution in [3.8, 4) is 17.3 Å². The number of rotatable bonds is 7. The molecule has 0 spiro atoms. The number of anilines is 1. The van der Waals surface area contributed by atoms with Crippen LogP contribution >= 0.6 is 0 Å². The topological polar surface area (TPSA) is 116 Å². The summed E-state index contributed by atoms with van der Waals surface area (Å²) in [6.45, 7) is 4.09. The number of piperidine rings is 1. The minimum atomic E-state index is -0.326. The molecule has 1 atom stereocenters. The van der Waals surface area contributed by atoms with Crippen molar-refractivity contribution in [2.75, 3.05) is 24.5 Å². The van der Waals surface area contributed by atoms with Crippen LogP contribution in [0.15, 0.2) is 60.8 Å². The van der Waals surface area contributed by atoms with Gasteiger partial charge in [0.1, 0.15) is 0 Å². The highest BCUT2D eigenvalue weighted by atomic mass is 16.2. The van der Waals surface area contributed by atoms with E-state index < -0.39 is 0 Å². The maximum atomic E-state index is 13.6. The second-order valence-corrected chi connectivity index (χ2v) is 8.61. The number of amides is 2. The van der Waals surface area contributed by atoms with Gasteiger partial charge in [-0.2, -0.15) is 5.26 Å². The fourth-order valence-electron chi connectivity index (χ4n) is 4.30. The van der Waals surface area contributed by atoms with E-state index in [-0.39, 0.29) is 19.2 Å². The van der Waals surface area contributed by atoms with E-state index in [1.807, 2.05) is 42.2 Å². The molecule has 4 rings (SSSR count). The molecule has 1 aliphatic heterocycles. The molecule has 0 radical (unpaired) electrons. The molecule has 0 aliphatic carbocycles. The maximum absolute atomic E-state index is 13.6. The van der Waals surface area contributed by atoms with Crippen LogP contribution in [0.4, 0.5) is 5.95 Å². The summed E-state index contributed by atoms with van der Waals surface area (Å²) >= 11 is 0. The molecule has 35 heavy (non-hydrogen) atoms. The lowest BCUT2D eigenvalue weighted by Crippen LogP contribution is -2.42. The Morgan fingerprint density at radius 1 is 1.20 bits per heavy atom. The van der Waals surface area contributed by atoms with Gasteiger partial charge < -0.3 is 15.5 Å². The molecule has 2 heterocycles.